The van der Waals surface area contributed by atoms with Crippen molar-refractivity contribution in [1.29, 1.82) is 0 Å². The third kappa shape index (κ3) is 7.08. The van der Waals surface area contributed by atoms with Crippen LogP contribution in [-0.2, 0) is 9.53 Å². The number of benzene rings is 3. The molecule has 0 saturated carbocycles. The van der Waals surface area contributed by atoms with Crippen molar-refractivity contribution in [1.82, 2.24) is 14.5 Å². The van der Waals surface area contributed by atoms with E-state index in [9.17, 15) is 19.7 Å². The van der Waals surface area contributed by atoms with Gasteiger partial charge in [0.05, 0.1) is 44.9 Å². The Hall–Kier alpha value is -5.40. The Kier molecular flexibility index (Phi) is 9.83. The summed E-state index contributed by atoms with van der Waals surface area (Å²) in [4.78, 5) is 54.1. The molecule has 3 heterocycles. The Morgan fingerprint density at radius 3 is 2.37 bits per heavy atom. The summed E-state index contributed by atoms with van der Waals surface area (Å²) in [5, 5.41) is 12.6. The molecule has 0 saturated heterocycles. The summed E-state index contributed by atoms with van der Waals surface area (Å²) in [6.45, 7) is 7.90. The van der Waals surface area contributed by atoms with Crippen LogP contribution >= 0.6 is 23.1 Å². The maximum Gasteiger partial charge on any atom is 0.338 e. The van der Waals surface area contributed by atoms with Crippen LogP contribution in [0.15, 0.2) is 104 Å². The Balaban J connectivity index is 1.52. The molecule has 0 amide bonds. The second-order valence-electron chi connectivity index (χ2n) is 11.0. The normalized spacial score (nSPS) is 14.3. The van der Waals surface area contributed by atoms with Gasteiger partial charge in [-0.25, -0.2) is 19.8 Å². The van der Waals surface area contributed by atoms with E-state index in [2.05, 4.69) is 9.97 Å². The number of aromatic nitrogens is 3. The van der Waals surface area contributed by atoms with Gasteiger partial charge in [0, 0.05) is 23.0 Å². The van der Waals surface area contributed by atoms with E-state index in [1.165, 1.54) is 10.6 Å². The van der Waals surface area contributed by atoms with Crippen molar-refractivity contribution in [3.8, 4) is 5.75 Å². The molecule has 1 aliphatic heterocycles. The van der Waals surface area contributed by atoms with E-state index in [0.29, 0.717) is 54.1 Å². The van der Waals surface area contributed by atoms with Crippen LogP contribution in [0.1, 0.15) is 48.0 Å². The van der Waals surface area contributed by atoms with Crippen molar-refractivity contribution < 1.29 is 19.2 Å². The lowest BCUT2D eigenvalue weighted by Crippen LogP contribution is -2.40. The molecular formula is C36H31N5O6S2. The van der Waals surface area contributed by atoms with Crippen LogP contribution in [0.25, 0.3) is 11.8 Å². The highest BCUT2D eigenvalue weighted by Gasteiger charge is 2.35. The molecule has 49 heavy (non-hydrogen) atoms. The summed E-state index contributed by atoms with van der Waals surface area (Å²) < 4.78 is 13.0. The number of nitro groups is 1. The zero-order chi connectivity index (χ0) is 34.7. The van der Waals surface area contributed by atoms with Gasteiger partial charge in [0.15, 0.2) is 9.96 Å². The highest BCUT2D eigenvalue weighted by Crippen LogP contribution is 2.36. The molecule has 3 aromatic carbocycles. The smallest absolute Gasteiger partial charge is 0.338 e. The van der Waals surface area contributed by atoms with Crippen LogP contribution in [0.5, 0.6) is 5.75 Å². The van der Waals surface area contributed by atoms with Crippen LogP contribution in [0, 0.1) is 24.0 Å². The summed E-state index contributed by atoms with van der Waals surface area (Å²) in [6.07, 6.45) is 1.60. The van der Waals surface area contributed by atoms with Crippen molar-refractivity contribution in [3.63, 3.8) is 0 Å². The number of thiazole rings is 1. The number of hydrogen-bond acceptors (Lipinski definition) is 11. The first-order valence-electron chi connectivity index (χ1n) is 15.5. The molecule has 0 radical (unpaired) electrons. The first-order chi connectivity index (χ1) is 23.7. The van der Waals surface area contributed by atoms with Crippen molar-refractivity contribution in [2.45, 2.75) is 43.8 Å². The molecule has 0 spiro atoms. The van der Waals surface area contributed by atoms with Crippen LogP contribution in [-0.4, -0.2) is 38.6 Å². The van der Waals surface area contributed by atoms with Crippen LogP contribution in [0.3, 0.4) is 0 Å². The monoisotopic (exact) mass is 693 g/mol. The Labute approximate surface area is 289 Å². The van der Waals surface area contributed by atoms with E-state index in [1.807, 2.05) is 69.3 Å². The maximum absolute atomic E-state index is 14.3. The quantitative estimate of drug-likeness (QED) is 0.0769. The highest BCUT2D eigenvalue weighted by molar-refractivity contribution is 7.99. The third-order valence-electron chi connectivity index (χ3n) is 7.52. The van der Waals surface area contributed by atoms with Gasteiger partial charge in [-0.2, -0.15) is 0 Å². The number of rotatable bonds is 10. The molecule has 6 rings (SSSR count). The fraction of sp³-hybridized carbons (Fsp3) is 0.194. The van der Waals surface area contributed by atoms with Gasteiger partial charge in [-0.15, -0.1) is 0 Å². The number of ether oxygens (including phenoxy) is 2. The minimum Gasteiger partial charge on any atom is -0.494 e. The van der Waals surface area contributed by atoms with Gasteiger partial charge >= 0.3 is 5.97 Å². The van der Waals surface area contributed by atoms with E-state index in [1.54, 1.807) is 37.3 Å². The fourth-order valence-corrected chi connectivity index (χ4v) is 7.46. The van der Waals surface area contributed by atoms with E-state index in [-0.39, 0.29) is 17.9 Å². The average Bonchev–Trinajstić information content (AvgIpc) is 3.39. The first-order valence-corrected chi connectivity index (χ1v) is 17.1. The van der Waals surface area contributed by atoms with Gasteiger partial charge < -0.3 is 9.47 Å². The number of esters is 1. The molecule has 248 valence electrons. The molecular weight excluding hydrogens is 663 g/mol. The minimum absolute atomic E-state index is 0.132. The van der Waals surface area contributed by atoms with Gasteiger partial charge in [0.25, 0.3) is 11.2 Å². The third-order valence-corrected chi connectivity index (χ3v) is 9.43. The standard InChI is InChI=1S/C36H31N5O6S2/c1-5-46-26-15-13-25(14-16-26)32-30(34(43)47-6-2)31(24-10-8-7-9-11-24)39-36-40(32)33(42)29(49-36)20-23-12-17-28(27(19-23)41(44)45)48-35-37-21(3)18-22(4)38-35/h7-20,32H,5-6H2,1-4H3/b29-20-/t32-/m0/s1. The lowest BCUT2D eigenvalue weighted by molar-refractivity contribution is -0.387. The molecule has 0 fully saturated rings. The van der Waals surface area contributed by atoms with E-state index >= 15 is 0 Å². The van der Waals surface area contributed by atoms with Crippen LogP contribution < -0.4 is 19.6 Å². The minimum atomic E-state index is -0.866. The Morgan fingerprint density at radius 1 is 1.00 bits per heavy atom. The van der Waals surface area contributed by atoms with Gasteiger partial charge in [-0.05, 0) is 80.9 Å². The van der Waals surface area contributed by atoms with Gasteiger partial charge in [0.1, 0.15) is 5.75 Å². The molecule has 0 N–H and O–H groups in total. The molecule has 5 aromatic rings. The molecule has 0 unspecified atom stereocenters. The molecule has 13 heteroatoms. The molecule has 1 atom stereocenters. The Morgan fingerprint density at radius 2 is 1.71 bits per heavy atom. The summed E-state index contributed by atoms with van der Waals surface area (Å²) in [5.74, 6) is 0.0608. The van der Waals surface area contributed by atoms with E-state index in [4.69, 9.17) is 14.5 Å². The van der Waals surface area contributed by atoms with Gasteiger partial charge in [-0.1, -0.05) is 59.9 Å². The lowest BCUT2D eigenvalue weighted by Gasteiger charge is -2.26. The Bertz CT molecular complexity index is 2260. The van der Waals surface area contributed by atoms with Crippen LogP contribution in [0.2, 0.25) is 0 Å². The maximum atomic E-state index is 14.3. The van der Waals surface area contributed by atoms with Crippen molar-refractivity contribution in [2.24, 2.45) is 4.99 Å². The first kappa shape index (κ1) is 33.5. The second kappa shape index (κ2) is 14.4. The molecule has 0 aliphatic carbocycles. The zero-order valence-corrected chi connectivity index (χ0v) is 28.7. The summed E-state index contributed by atoms with van der Waals surface area (Å²) in [6, 6.07) is 22.2. The average molecular weight is 694 g/mol. The predicted molar refractivity (Wildman–Crippen MR) is 187 cm³/mol. The number of nitrogens with zero attached hydrogens (tertiary/aromatic N) is 5. The molecule has 1 aliphatic rings. The largest absolute Gasteiger partial charge is 0.494 e. The molecule has 11 nitrogen and oxygen atoms in total. The molecule has 0 bridgehead atoms. The van der Waals surface area contributed by atoms with Crippen molar-refractivity contribution in [3.05, 3.63) is 142 Å². The predicted octanol–water partition coefficient (Wildman–Crippen LogP) is 5.80. The SMILES string of the molecule is CCOC(=O)C1=C(c2ccccc2)N=c2s/c(=C\c3ccc(Sc4nc(C)cc(C)n4)c([N+](=O)[O-])c3)c(=O)n2[C@H]1c1ccc(OCC)cc1. The van der Waals surface area contributed by atoms with Crippen molar-refractivity contribution in [2.75, 3.05) is 13.2 Å². The van der Waals surface area contributed by atoms with Crippen molar-refractivity contribution >= 4 is 46.5 Å². The summed E-state index contributed by atoms with van der Waals surface area (Å²) in [7, 11) is 0. The molecule has 2 aromatic heterocycles. The number of aryl methyl sites for hydroxylation is 2. The fourth-order valence-electron chi connectivity index (χ4n) is 5.51. The summed E-state index contributed by atoms with van der Waals surface area (Å²) >= 11 is 2.24. The van der Waals surface area contributed by atoms with Crippen LogP contribution in [0.4, 0.5) is 5.69 Å². The highest BCUT2D eigenvalue weighted by atomic mass is 32.2. The lowest BCUT2D eigenvalue weighted by atomic mass is 9.93. The number of carbonyl (C=O) groups excluding carboxylic acids is 1. The van der Waals surface area contributed by atoms with Gasteiger partial charge in [-0.3, -0.25) is 19.5 Å². The number of nitro benzene ring substituents is 1. The van der Waals surface area contributed by atoms with E-state index in [0.717, 1.165) is 34.5 Å². The number of carbonyl (C=O) groups is 1. The second-order valence-corrected chi connectivity index (χ2v) is 13.0. The summed E-state index contributed by atoms with van der Waals surface area (Å²) in [5.41, 5.74) is 3.40. The van der Waals surface area contributed by atoms with E-state index < -0.39 is 22.5 Å². The number of fused-ring (bicyclic) bond motifs is 1. The zero-order valence-electron chi connectivity index (χ0n) is 27.1. The van der Waals surface area contributed by atoms with Gasteiger partial charge in [0.2, 0.25) is 0 Å². The topological polar surface area (TPSA) is 139 Å². The number of hydrogen-bond donors (Lipinski definition) is 0.